The molecule has 0 aliphatic rings. The van der Waals surface area contributed by atoms with E-state index in [0.717, 1.165) is 12.8 Å². The Kier molecular flexibility index (Phi) is 18.9. The first-order chi connectivity index (χ1) is 12.8. The summed E-state index contributed by atoms with van der Waals surface area (Å²) in [7, 11) is 0. The number of carbonyl (C=O) groups is 3. The quantitative estimate of drug-likeness (QED) is 0.134. The number of amides is 1. The second-order valence-corrected chi connectivity index (χ2v) is 6.75. The summed E-state index contributed by atoms with van der Waals surface area (Å²) in [6.07, 6.45) is 6.81. The van der Waals surface area contributed by atoms with E-state index in [1.54, 1.807) is 0 Å². The van der Waals surface area contributed by atoms with E-state index in [0.29, 0.717) is 56.5 Å². The van der Waals surface area contributed by atoms with E-state index in [9.17, 15) is 24.6 Å². The summed E-state index contributed by atoms with van der Waals surface area (Å²) in [4.78, 5) is 33.4. The molecule has 0 radical (unpaired) electrons. The van der Waals surface area contributed by atoms with Gasteiger partial charge in [-0.05, 0) is 12.8 Å². The minimum atomic E-state index is -1.13. The zero-order chi connectivity index (χ0) is 20.5. The van der Waals surface area contributed by atoms with Gasteiger partial charge >= 0.3 is 35.5 Å². The van der Waals surface area contributed by atoms with Gasteiger partial charge in [0, 0.05) is 25.2 Å². The Morgan fingerprint density at radius 1 is 1.04 bits per heavy atom. The molecule has 3 N–H and O–H groups in total. The van der Waals surface area contributed by atoms with E-state index in [-0.39, 0.29) is 54.9 Å². The molecule has 0 aliphatic carbocycles. The Morgan fingerprint density at radius 2 is 1.68 bits per heavy atom. The average Bonchev–Trinajstić information content (AvgIpc) is 2.58. The molecule has 0 saturated carbocycles. The second-order valence-electron chi connectivity index (χ2n) is 6.75. The summed E-state index contributed by atoms with van der Waals surface area (Å²) in [5, 5.41) is 31.8. The van der Waals surface area contributed by atoms with Gasteiger partial charge in [-0.3, -0.25) is 9.59 Å². The van der Waals surface area contributed by atoms with Crippen LogP contribution in [0.25, 0.3) is 0 Å². The fraction of sp³-hybridized carbons (Fsp3) is 0.737. The molecule has 0 aliphatic heterocycles. The van der Waals surface area contributed by atoms with Crippen LogP contribution in [0.3, 0.4) is 0 Å². The summed E-state index contributed by atoms with van der Waals surface area (Å²) in [6, 6.07) is 0. The van der Waals surface area contributed by atoms with E-state index in [2.05, 4.69) is 12.2 Å². The zero-order valence-electron chi connectivity index (χ0n) is 17.3. The monoisotopic (exact) mass is 409 g/mol. The third kappa shape index (κ3) is 16.1. The van der Waals surface area contributed by atoms with Gasteiger partial charge in [-0.15, -0.1) is 0 Å². The van der Waals surface area contributed by atoms with E-state index >= 15 is 0 Å². The molecule has 0 aromatic rings. The summed E-state index contributed by atoms with van der Waals surface area (Å²) >= 11 is 0. The molecule has 1 unspecified atom stereocenters. The van der Waals surface area contributed by atoms with E-state index < -0.39 is 11.9 Å². The van der Waals surface area contributed by atoms with Crippen molar-refractivity contribution in [2.45, 2.75) is 51.9 Å². The predicted molar refractivity (Wildman–Crippen MR) is 99.6 cm³/mol. The van der Waals surface area contributed by atoms with Gasteiger partial charge in [-0.1, -0.05) is 25.5 Å². The number of carbonyl (C=O) groups excluding carboxylic acids is 2. The number of carboxylic acids is 2. The van der Waals surface area contributed by atoms with E-state index in [1.165, 1.54) is 0 Å². The molecule has 0 aromatic heterocycles. The maximum atomic E-state index is 11.9. The van der Waals surface area contributed by atoms with Crippen LogP contribution in [0.5, 0.6) is 0 Å². The molecule has 156 valence electrons. The van der Waals surface area contributed by atoms with Gasteiger partial charge in [0.25, 0.3) is 0 Å². The Hall–Kier alpha value is -0.930. The molecule has 9 heteroatoms. The molecule has 28 heavy (non-hydrogen) atoms. The van der Waals surface area contributed by atoms with Crippen molar-refractivity contribution in [1.82, 2.24) is 5.32 Å². The number of quaternary nitrogens is 1. The maximum absolute atomic E-state index is 11.9. The second kappa shape index (κ2) is 18.1. The van der Waals surface area contributed by atoms with Crippen molar-refractivity contribution in [2.75, 3.05) is 39.3 Å². The maximum Gasteiger partial charge on any atom is 1.00 e. The van der Waals surface area contributed by atoms with Crippen molar-refractivity contribution in [3.05, 3.63) is 12.2 Å². The summed E-state index contributed by atoms with van der Waals surface area (Å²) < 4.78 is 0.378. The molecule has 1 amide bonds. The molecular formula is C19H34N2NaO6+. The number of rotatable bonds is 17. The third-order valence-corrected chi connectivity index (χ3v) is 4.44. The van der Waals surface area contributed by atoms with E-state index in [1.807, 2.05) is 12.2 Å². The molecule has 0 spiro atoms. The number of unbranched alkanes of at least 4 members (excludes halogenated alkanes) is 1. The van der Waals surface area contributed by atoms with Gasteiger partial charge < -0.3 is 29.9 Å². The van der Waals surface area contributed by atoms with Crippen LogP contribution in [0.1, 0.15) is 51.9 Å². The molecule has 8 nitrogen and oxygen atoms in total. The molecule has 1 atom stereocenters. The first-order valence-electron chi connectivity index (χ1n) is 9.64. The SMILES string of the molecule is CCC/C=C/CC(=O)NCC[N+](CCO)(CCCC(=O)[O-])CCCC(=O)O.[Na+]. The topological polar surface area (TPSA) is 127 Å². The number of aliphatic carboxylic acids is 2. The van der Waals surface area contributed by atoms with Gasteiger partial charge in [0.15, 0.2) is 0 Å². The molecule has 0 fully saturated rings. The number of aliphatic hydroxyl groups excluding tert-OH is 1. The summed E-state index contributed by atoms with van der Waals surface area (Å²) in [5.41, 5.74) is 0. The van der Waals surface area contributed by atoms with Crippen LogP contribution < -0.4 is 40.0 Å². The minimum Gasteiger partial charge on any atom is -0.550 e. The Balaban J connectivity index is 0. The van der Waals surface area contributed by atoms with Crippen molar-refractivity contribution in [2.24, 2.45) is 0 Å². The van der Waals surface area contributed by atoms with Crippen molar-refractivity contribution in [3.8, 4) is 0 Å². The van der Waals surface area contributed by atoms with Crippen LogP contribution in [0.4, 0.5) is 0 Å². The fourth-order valence-corrected chi connectivity index (χ4v) is 2.99. The van der Waals surface area contributed by atoms with Crippen LogP contribution in [-0.4, -0.2) is 71.9 Å². The number of nitrogens with zero attached hydrogens (tertiary/aromatic N) is 1. The van der Waals surface area contributed by atoms with Gasteiger partial charge in [-0.2, -0.15) is 0 Å². The first-order valence-corrected chi connectivity index (χ1v) is 9.64. The van der Waals surface area contributed by atoms with Crippen LogP contribution in [-0.2, 0) is 14.4 Å². The Labute approximate surface area is 189 Å². The van der Waals surface area contributed by atoms with Crippen LogP contribution >= 0.6 is 0 Å². The number of hydrogen-bond donors (Lipinski definition) is 3. The van der Waals surface area contributed by atoms with Gasteiger partial charge in [0.1, 0.15) is 6.54 Å². The molecular weight excluding hydrogens is 375 g/mol. The molecule has 0 bridgehead atoms. The summed E-state index contributed by atoms with van der Waals surface area (Å²) in [6.45, 7) is 4.25. The first kappa shape index (κ1) is 29.3. The number of carboxylic acid groups (broad SMARTS) is 2. The van der Waals surface area contributed by atoms with Gasteiger partial charge in [0.2, 0.25) is 5.91 Å². The average molecular weight is 409 g/mol. The molecule has 0 heterocycles. The van der Waals surface area contributed by atoms with Crippen LogP contribution in [0, 0.1) is 0 Å². The van der Waals surface area contributed by atoms with Crippen LogP contribution in [0.15, 0.2) is 12.2 Å². The van der Waals surface area contributed by atoms with Crippen LogP contribution in [0.2, 0.25) is 0 Å². The van der Waals surface area contributed by atoms with Crippen molar-refractivity contribution >= 4 is 17.8 Å². The largest absolute Gasteiger partial charge is 1.00 e. The Bertz CT molecular complexity index is 465. The number of nitrogens with one attached hydrogen (secondary N) is 1. The zero-order valence-corrected chi connectivity index (χ0v) is 19.3. The number of aliphatic hydroxyl groups is 1. The van der Waals surface area contributed by atoms with Crippen molar-refractivity contribution < 1.29 is 63.7 Å². The number of hydrogen-bond acceptors (Lipinski definition) is 5. The molecule has 0 aromatic carbocycles. The Morgan fingerprint density at radius 3 is 2.21 bits per heavy atom. The fourth-order valence-electron chi connectivity index (χ4n) is 2.99. The van der Waals surface area contributed by atoms with E-state index in [4.69, 9.17) is 5.11 Å². The normalized spacial score (nSPS) is 12.9. The summed E-state index contributed by atoms with van der Waals surface area (Å²) in [5.74, 6) is -2.11. The number of allylic oxidation sites excluding steroid dienone is 1. The molecule has 0 rings (SSSR count). The minimum absolute atomic E-state index is 0. The van der Waals surface area contributed by atoms with Crippen molar-refractivity contribution in [3.63, 3.8) is 0 Å². The van der Waals surface area contributed by atoms with Gasteiger partial charge in [-0.25, -0.2) is 0 Å². The smallest absolute Gasteiger partial charge is 0.550 e. The molecule has 0 saturated heterocycles. The predicted octanol–water partition coefficient (Wildman–Crippen LogP) is -2.94. The van der Waals surface area contributed by atoms with Gasteiger partial charge in [0.05, 0.1) is 39.2 Å². The third-order valence-electron chi connectivity index (χ3n) is 4.44. The van der Waals surface area contributed by atoms with Crippen molar-refractivity contribution in [1.29, 1.82) is 0 Å². The standard InChI is InChI=1S/C19H34N2O6.Na/c1-2-3-4-5-8-17(23)20-11-14-21(15-16-22,12-6-9-18(24)25)13-7-10-19(26)27;/h4-5,22H,2-3,6-16H2,1H3,(H2-,20,23,24,25,26,27);/q;+1/b5-4+;.